The molecule has 2 aromatic heterocycles. The number of furan rings is 1. The summed E-state index contributed by atoms with van der Waals surface area (Å²) in [6, 6.07) is 3.70. The second kappa shape index (κ2) is 8.92. The molecule has 2 rings (SSSR count). The molecule has 24 heavy (non-hydrogen) atoms. The van der Waals surface area contributed by atoms with E-state index in [9.17, 15) is 4.79 Å². The normalized spacial score (nSPS) is 11.4. The lowest BCUT2D eigenvalue weighted by molar-refractivity contribution is -0.118. The minimum Gasteiger partial charge on any atom is -0.461 e. The quantitative estimate of drug-likeness (QED) is 0.701. The second-order valence-electron chi connectivity index (χ2n) is 6.61. The van der Waals surface area contributed by atoms with Crippen LogP contribution in [-0.2, 0) is 11.3 Å². The zero-order valence-corrected chi connectivity index (χ0v) is 15.6. The van der Waals surface area contributed by atoms with E-state index in [0.29, 0.717) is 35.7 Å². The van der Waals surface area contributed by atoms with Gasteiger partial charge < -0.3 is 9.73 Å². The van der Waals surface area contributed by atoms with Crippen LogP contribution in [0.3, 0.4) is 0 Å². The van der Waals surface area contributed by atoms with Gasteiger partial charge in [0.25, 0.3) is 0 Å². The van der Waals surface area contributed by atoms with Gasteiger partial charge in [-0.3, -0.25) is 9.36 Å². The van der Waals surface area contributed by atoms with Gasteiger partial charge in [0.05, 0.1) is 12.0 Å². The van der Waals surface area contributed by atoms with Crippen molar-refractivity contribution in [2.75, 3.05) is 12.3 Å². The van der Waals surface area contributed by atoms with E-state index in [2.05, 4.69) is 43.2 Å². The van der Waals surface area contributed by atoms with Crippen molar-refractivity contribution < 1.29 is 9.21 Å². The first-order valence-corrected chi connectivity index (χ1v) is 9.32. The minimum atomic E-state index is 0.0271. The zero-order valence-electron chi connectivity index (χ0n) is 14.8. The lowest BCUT2D eigenvalue weighted by Gasteiger charge is -2.11. The molecule has 0 bridgehead atoms. The van der Waals surface area contributed by atoms with E-state index in [0.717, 1.165) is 18.1 Å². The van der Waals surface area contributed by atoms with Gasteiger partial charge in [0.2, 0.25) is 5.91 Å². The largest absolute Gasteiger partial charge is 0.461 e. The predicted molar refractivity (Wildman–Crippen MR) is 95.8 cm³/mol. The van der Waals surface area contributed by atoms with E-state index in [1.54, 1.807) is 6.26 Å². The predicted octanol–water partition coefficient (Wildman–Crippen LogP) is 3.45. The van der Waals surface area contributed by atoms with Crippen LogP contribution in [0.5, 0.6) is 0 Å². The average Bonchev–Trinajstić information content (AvgIpc) is 3.13. The number of thioether (sulfide) groups is 1. The van der Waals surface area contributed by atoms with Crippen LogP contribution in [0.1, 0.15) is 34.1 Å². The molecule has 0 fully saturated rings. The Morgan fingerprint density at radius 3 is 2.71 bits per heavy atom. The number of carbonyl (C=O) groups excluding carboxylic acids is 1. The van der Waals surface area contributed by atoms with Gasteiger partial charge in [-0.25, -0.2) is 0 Å². The Kier molecular flexibility index (Phi) is 6.90. The van der Waals surface area contributed by atoms with Crippen LogP contribution in [0.15, 0.2) is 28.0 Å². The lowest BCUT2D eigenvalue weighted by atomic mass is 10.1. The van der Waals surface area contributed by atoms with E-state index >= 15 is 0 Å². The molecule has 0 saturated heterocycles. The second-order valence-corrected chi connectivity index (χ2v) is 7.55. The smallest absolute Gasteiger partial charge is 0.230 e. The SMILES string of the molecule is CC(C)CCNC(=O)CSc1nnc(-c2ccco2)n1CC(C)C. The van der Waals surface area contributed by atoms with Gasteiger partial charge >= 0.3 is 0 Å². The first-order valence-electron chi connectivity index (χ1n) is 8.34. The molecule has 0 aromatic carbocycles. The number of carbonyl (C=O) groups is 1. The molecule has 6 nitrogen and oxygen atoms in total. The standard InChI is InChI=1S/C17H26N4O2S/c1-12(2)7-8-18-15(22)11-24-17-20-19-16(14-6-5-9-23-14)21(17)10-13(3)4/h5-6,9,12-13H,7-8,10-11H2,1-4H3,(H,18,22). The van der Waals surface area contributed by atoms with Crippen molar-refractivity contribution in [1.82, 2.24) is 20.1 Å². The Morgan fingerprint density at radius 2 is 2.08 bits per heavy atom. The van der Waals surface area contributed by atoms with E-state index in [-0.39, 0.29) is 5.91 Å². The molecule has 0 aliphatic heterocycles. The number of hydrogen-bond donors (Lipinski definition) is 1. The lowest BCUT2D eigenvalue weighted by Crippen LogP contribution is -2.27. The fourth-order valence-corrected chi connectivity index (χ4v) is 2.97. The van der Waals surface area contributed by atoms with Crippen molar-refractivity contribution in [3.63, 3.8) is 0 Å². The molecule has 0 spiro atoms. The number of rotatable bonds is 9. The molecule has 0 unspecified atom stereocenters. The Bertz CT molecular complexity index is 635. The fraction of sp³-hybridized carbons (Fsp3) is 0.588. The third-order valence-corrected chi connectivity index (χ3v) is 4.35. The summed E-state index contributed by atoms with van der Waals surface area (Å²) >= 11 is 1.41. The van der Waals surface area contributed by atoms with Gasteiger partial charge in [-0.05, 0) is 30.4 Å². The van der Waals surface area contributed by atoms with Crippen molar-refractivity contribution >= 4 is 17.7 Å². The van der Waals surface area contributed by atoms with Crippen LogP contribution < -0.4 is 5.32 Å². The fourth-order valence-electron chi connectivity index (χ4n) is 2.19. The summed E-state index contributed by atoms with van der Waals surface area (Å²) in [7, 11) is 0. The molecule has 0 atom stereocenters. The van der Waals surface area contributed by atoms with Crippen LogP contribution in [0.4, 0.5) is 0 Å². The number of amides is 1. The summed E-state index contributed by atoms with van der Waals surface area (Å²) < 4.78 is 7.47. The van der Waals surface area contributed by atoms with Gasteiger partial charge in [0, 0.05) is 13.1 Å². The van der Waals surface area contributed by atoms with Crippen LogP contribution >= 0.6 is 11.8 Å². The van der Waals surface area contributed by atoms with Crippen molar-refractivity contribution in [3.05, 3.63) is 18.4 Å². The zero-order chi connectivity index (χ0) is 17.5. The summed E-state index contributed by atoms with van der Waals surface area (Å²) in [5.41, 5.74) is 0. The minimum absolute atomic E-state index is 0.0271. The Labute approximate surface area is 147 Å². The van der Waals surface area contributed by atoms with Crippen LogP contribution in [0, 0.1) is 11.8 Å². The van der Waals surface area contributed by atoms with E-state index in [4.69, 9.17) is 4.42 Å². The van der Waals surface area contributed by atoms with Crippen LogP contribution in [0.25, 0.3) is 11.6 Å². The summed E-state index contributed by atoms with van der Waals surface area (Å²) in [4.78, 5) is 12.0. The summed E-state index contributed by atoms with van der Waals surface area (Å²) in [5, 5.41) is 12.2. The Balaban J connectivity index is 2.00. The summed E-state index contributed by atoms with van der Waals surface area (Å²) in [5.74, 6) is 2.79. The maximum Gasteiger partial charge on any atom is 0.230 e. The average molecular weight is 350 g/mol. The molecular formula is C17H26N4O2S. The number of nitrogens with zero attached hydrogens (tertiary/aromatic N) is 3. The molecule has 132 valence electrons. The third-order valence-electron chi connectivity index (χ3n) is 3.38. The maximum absolute atomic E-state index is 12.0. The van der Waals surface area contributed by atoms with E-state index in [1.807, 2.05) is 16.7 Å². The summed E-state index contributed by atoms with van der Waals surface area (Å²) in [6.07, 6.45) is 2.61. The van der Waals surface area contributed by atoms with Gasteiger partial charge in [-0.15, -0.1) is 10.2 Å². The molecule has 1 amide bonds. The number of aromatic nitrogens is 3. The van der Waals surface area contributed by atoms with Crippen LogP contribution in [-0.4, -0.2) is 33.0 Å². The molecule has 0 saturated carbocycles. The summed E-state index contributed by atoms with van der Waals surface area (Å²) in [6.45, 7) is 10.1. The highest BCUT2D eigenvalue weighted by molar-refractivity contribution is 7.99. The monoisotopic (exact) mass is 350 g/mol. The maximum atomic E-state index is 12.0. The first kappa shape index (κ1) is 18.6. The van der Waals surface area contributed by atoms with Gasteiger partial charge in [-0.1, -0.05) is 39.5 Å². The molecule has 2 heterocycles. The Hall–Kier alpha value is -1.76. The molecule has 0 aliphatic carbocycles. The molecular weight excluding hydrogens is 324 g/mol. The Morgan fingerprint density at radius 1 is 1.29 bits per heavy atom. The van der Waals surface area contributed by atoms with Crippen LogP contribution in [0.2, 0.25) is 0 Å². The molecule has 1 N–H and O–H groups in total. The van der Waals surface area contributed by atoms with Crippen molar-refractivity contribution in [2.45, 2.75) is 45.8 Å². The van der Waals surface area contributed by atoms with Gasteiger partial charge in [0.15, 0.2) is 16.7 Å². The molecule has 7 heteroatoms. The highest BCUT2D eigenvalue weighted by Gasteiger charge is 2.18. The van der Waals surface area contributed by atoms with E-state index < -0.39 is 0 Å². The van der Waals surface area contributed by atoms with Gasteiger partial charge in [-0.2, -0.15) is 0 Å². The van der Waals surface area contributed by atoms with Crippen molar-refractivity contribution in [3.8, 4) is 11.6 Å². The van der Waals surface area contributed by atoms with Crippen molar-refractivity contribution in [1.29, 1.82) is 0 Å². The molecule has 0 radical (unpaired) electrons. The van der Waals surface area contributed by atoms with Gasteiger partial charge in [0.1, 0.15) is 0 Å². The highest BCUT2D eigenvalue weighted by atomic mass is 32.2. The number of nitrogens with one attached hydrogen (secondary N) is 1. The van der Waals surface area contributed by atoms with E-state index in [1.165, 1.54) is 11.8 Å². The third kappa shape index (κ3) is 5.40. The molecule has 2 aromatic rings. The number of hydrogen-bond acceptors (Lipinski definition) is 5. The first-order chi connectivity index (χ1) is 11.5. The molecule has 0 aliphatic rings. The highest BCUT2D eigenvalue weighted by Crippen LogP contribution is 2.25. The topological polar surface area (TPSA) is 73.0 Å². The van der Waals surface area contributed by atoms with Crippen molar-refractivity contribution in [2.24, 2.45) is 11.8 Å².